The minimum absolute atomic E-state index is 0.0626. The zero-order chi connectivity index (χ0) is 16.1. The van der Waals surface area contributed by atoms with Crippen LogP contribution in [-0.2, 0) is 4.79 Å². The van der Waals surface area contributed by atoms with Crippen molar-refractivity contribution in [3.63, 3.8) is 0 Å². The Balaban J connectivity index is 1.54. The van der Waals surface area contributed by atoms with E-state index in [0.29, 0.717) is 30.8 Å². The van der Waals surface area contributed by atoms with Crippen LogP contribution in [0.3, 0.4) is 0 Å². The molecule has 0 aromatic carbocycles. The fourth-order valence-electron chi connectivity index (χ4n) is 4.50. The number of likely N-dealkylation sites (tertiary alicyclic amines) is 1. The molecule has 3 rings (SSSR count). The molecule has 0 bridgehead atoms. The van der Waals surface area contributed by atoms with E-state index in [2.05, 4.69) is 26.1 Å². The van der Waals surface area contributed by atoms with Crippen LogP contribution < -0.4 is 5.32 Å². The van der Waals surface area contributed by atoms with Crippen LogP contribution in [0.4, 0.5) is 4.79 Å². The van der Waals surface area contributed by atoms with Crippen molar-refractivity contribution in [2.45, 2.75) is 58.9 Å². The van der Waals surface area contributed by atoms with E-state index in [1.165, 1.54) is 0 Å². The Hall–Kier alpha value is -1.26. The summed E-state index contributed by atoms with van der Waals surface area (Å²) in [7, 11) is 0. The monoisotopic (exact) mass is 308 g/mol. The normalized spacial score (nSPS) is 37.6. The molecule has 0 unspecified atom stereocenters. The number of fused-ring (bicyclic) bond motifs is 1. The quantitative estimate of drug-likeness (QED) is 0.824. The molecule has 2 aliphatic carbocycles. The van der Waals surface area contributed by atoms with Crippen LogP contribution in [0.15, 0.2) is 0 Å². The average molecular weight is 308 g/mol. The third-order valence-corrected chi connectivity index (χ3v) is 6.27. The van der Waals surface area contributed by atoms with Crippen LogP contribution in [0.1, 0.15) is 52.9 Å². The minimum Gasteiger partial charge on any atom is -0.481 e. The Morgan fingerprint density at radius 2 is 1.95 bits per heavy atom. The molecule has 2 saturated carbocycles. The van der Waals surface area contributed by atoms with Gasteiger partial charge in [0.1, 0.15) is 0 Å². The predicted octanol–water partition coefficient (Wildman–Crippen LogP) is 2.71. The second-order valence-corrected chi connectivity index (χ2v) is 8.61. The highest BCUT2D eigenvalue weighted by molar-refractivity contribution is 5.80. The Labute approximate surface area is 132 Å². The lowest BCUT2D eigenvalue weighted by Crippen LogP contribution is -2.52. The first-order valence-corrected chi connectivity index (χ1v) is 8.51. The number of aliphatic carboxylic acids is 1. The highest BCUT2D eigenvalue weighted by atomic mass is 16.4. The Morgan fingerprint density at radius 1 is 1.27 bits per heavy atom. The number of nitrogens with zero attached hydrogens (tertiary/aromatic N) is 1. The number of hydrogen-bond donors (Lipinski definition) is 2. The molecular weight excluding hydrogens is 280 g/mol. The average Bonchev–Trinajstić information content (AvgIpc) is 2.88. The minimum atomic E-state index is -0.721. The van der Waals surface area contributed by atoms with Crippen molar-refractivity contribution in [3.05, 3.63) is 0 Å². The molecule has 0 aromatic heterocycles. The summed E-state index contributed by atoms with van der Waals surface area (Å²) in [4.78, 5) is 25.8. The maximum absolute atomic E-state index is 12.4. The van der Waals surface area contributed by atoms with Gasteiger partial charge in [0.05, 0.1) is 5.41 Å². The van der Waals surface area contributed by atoms with E-state index in [9.17, 15) is 14.7 Å². The van der Waals surface area contributed by atoms with Gasteiger partial charge in [0.25, 0.3) is 0 Å². The lowest BCUT2D eigenvalue weighted by molar-refractivity contribution is -0.149. The maximum atomic E-state index is 12.4. The summed E-state index contributed by atoms with van der Waals surface area (Å²) in [6, 6.07) is 0.199. The van der Waals surface area contributed by atoms with Crippen molar-refractivity contribution in [1.29, 1.82) is 0 Å². The molecule has 2 atom stereocenters. The number of amides is 2. The van der Waals surface area contributed by atoms with E-state index in [1.807, 2.05) is 0 Å². The first kappa shape index (κ1) is 15.6. The van der Waals surface area contributed by atoms with Crippen molar-refractivity contribution in [2.75, 3.05) is 13.1 Å². The molecule has 2 amide bonds. The van der Waals surface area contributed by atoms with Crippen LogP contribution in [0, 0.1) is 22.7 Å². The van der Waals surface area contributed by atoms with E-state index in [1.54, 1.807) is 4.90 Å². The zero-order valence-corrected chi connectivity index (χ0v) is 13.9. The maximum Gasteiger partial charge on any atom is 0.317 e. The van der Waals surface area contributed by atoms with Gasteiger partial charge in [-0.1, -0.05) is 27.2 Å². The van der Waals surface area contributed by atoms with Crippen LogP contribution in [0.2, 0.25) is 0 Å². The van der Waals surface area contributed by atoms with Crippen molar-refractivity contribution in [1.82, 2.24) is 10.2 Å². The Bertz CT molecular complexity index is 479. The van der Waals surface area contributed by atoms with Crippen LogP contribution in [0.5, 0.6) is 0 Å². The highest BCUT2D eigenvalue weighted by Gasteiger charge is 2.56. The topological polar surface area (TPSA) is 69.6 Å². The largest absolute Gasteiger partial charge is 0.481 e. The molecule has 1 aliphatic heterocycles. The number of nitrogens with one attached hydrogen (secondary N) is 1. The van der Waals surface area contributed by atoms with Crippen molar-refractivity contribution in [3.8, 4) is 0 Å². The number of carbonyl (C=O) groups is 2. The van der Waals surface area contributed by atoms with Crippen molar-refractivity contribution < 1.29 is 14.7 Å². The second-order valence-electron chi connectivity index (χ2n) is 8.61. The molecule has 1 heterocycles. The Kier molecular flexibility index (Phi) is 3.65. The van der Waals surface area contributed by atoms with Gasteiger partial charge in [0.15, 0.2) is 0 Å². The standard InChI is InChI=1S/C17H28N2O3/c1-16(2,3)12-7-13(8-12)18-15(22)19-9-11-5-4-6-17(11,10-19)14(20)21/h11-13H,4-10H2,1-3H3,(H,18,22)(H,20,21)/t11-,12?,13?,17+/m0/s1. The highest BCUT2D eigenvalue weighted by Crippen LogP contribution is 2.49. The van der Waals surface area contributed by atoms with Gasteiger partial charge in [-0.05, 0) is 42.9 Å². The molecule has 22 heavy (non-hydrogen) atoms. The Morgan fingerprint density at radius 3 is 2.50 bits per heavy atom. The summed E-state index contributed by atoms with van der Waals surface area (Å²) in [5.74, 6) is 0.0855. The van der Waals surface area contributed by atoms with Crippen LogP contribution >= 0.6 is 0 Å². The van der Waals surface area contributed by atoms with E-state index in [0.717, 1.165) is 25.7 Å². The number of urea groups is 1. The smallest absolute Gasteiger partial charge is 0.317 e. The first-order valence-electron chi connectivity index (χ1n) is 8.51. The van der Waals surface area contributed by atoms with E-state index in [4.69, 9.17) is 0 Å². The van der Waals surface area contributed by atoms with Gasteiger partial charge >= 0.3 is 12.0 Å². The molecule has 3 aliphatic rings. The molecular formula is C17H28N2O3. The van der Waals surface area contributed by atoms with E-state index >= 15 is 0 Å². The van der Waals surface area contributed by atoms with Crippen molar-refractivity contribution >= 4 is 12.0 Å². The third-order valence-electron chi connectivity index (χ3n) is 6.27. The van der Waals surface area contributed by atoms with E-state index < -0.39 is 11.4 Å². The van der Waals surface area contributed by atoms with Crippen molar-refractivity contribution in [2.24, 2.45) is 22.7 Å². The molecule has 124 valence electrons. The molecule has 0 aromatic rings. The number of carbonyl (C=O) groups excluding carboxylic acids is 1. The van der Waals surface area contributed by atoms with Gasteiger partial charge < -0.3 is 15.3 Å². The van der Waals surface area contributed by atoms with Crippen LogP contribution in [-0.4, -0.2) is 41.1 Å². The van der Waals surface area contributed by atoms with Gasteiger partial charge in [-0.15, -0.1) is 0 Å². The lowest BCUT2D eigenvalue weighted by atomic mass is 9.66. The number of carboxylic acids is 1. The number of carboxylic acid groups (broad SMARTS) is 1. The van der Waals surface area contributed by atoms with Gasteiger partial charge in [-0.25, -0.2) is 4.79 Å². The zero-order valence-electron chi connectivity index (χ0n) is 13.9. The summed E-state index contributed by atoms with van der Waals surface area (Å²) in [5.41, 5.74) is -0.371. The molecule has 2 N–H and O–H groups in total. The van der Waals surface area contributed by atoms with E-state index in [-0.39, 0.29) is 18.0 Å². The fraction of sp³-hybridized carbons (Fsp3) is 0.882. The van der Waals surface area contributed by atoms with Gasteiger partial charge in [0.2, 0.25) is 0 Å². The summed E-state index contributed by atoms with van der Waals surface area (Å²) in [6.45, 7) is 7.72. The van der Waals surface area contributed by atoms with Crippen LogP contribution in [0.25, 0.3) is 0 Å². The fourth-order valence-corrected chi connectivity index (χ4v) is 4.50. The lowest BCUT2D eigenvalue weighted by Gasteiger charge is -2.44. The first-order chi connectivity index (χ1) is 10.2. The van der Waals surface area contributed by atoms with Gasteiger partial charge in [-0.3, -0.25) is 4.79 Å². The molecule has 0 radical (unpaired) electrons. The summed E-state index contributed by atoms with van der Waals surface area (Å²) in [5, 5.41) is 12.7. The second kappa shape index (κ2) is 5.14. The van der Waals surface area contributed by atoms with Gasteiger partial charge in [-0.2, -0.15) is 0 Å². The molecule has 1 saturated heterocycles. The number of hydrogen-bond acceptors (Lipinski definition) is 2. The molecule has 3 fully saturated rings. The molecule has 0 spiro atoms. The third kappa shape index (κ3) is 2.48. The predicted molar refractivity (Wildman–Crippen MR) is 83.5 cm³/mol. The summed E-state index contributed by atoms with van der Waals surface area (Å²) < 4.78 is 0. The van der Waals surface area contributed by atoms with Gasteiger partial charge in [0, 0.05) is 19.1 Å². The molecule has 5 heteroatoms. The SMILES string of the molecule is CC(C)(C)C1CC(NC(=O)N2C[C@@H]3CCC[C@@]3(C(=O)O)C2)C1. The summed E-state index contributed by atoms with van der Waals surface area (Å²) in [6.07, 6.45) is 4.70. The summed E-state index contributed by atoms with van der Waals surface area (Å²) >= 11 is 0. The molecule has 5 nitrogen and oxygen atoms in total. The number of rotatable bonds is 2.